The minimum absolute atomic E-state index is 0.434. The standard InChI is InChI=1S/C17H34S/c1-8-16(4,5)13-10-12(3)15(18)14(11-13)17(6,7)9-2/h12-15,18H,8-11H2,1-7H3. The van der Waals surface area contributed by atoms with E-state index in [9.17, 15) is 0 Å². The summed E-state index contributed by atoms with van der Waals surface area (Å²) < 4.78 is 0. The van der Waals surface area contributed by atoms with Gasteiger partial charge in [-0.25, -0.2) is 0 Å². The molecule has 4 atom stereocenters. The van der Waals surface area contributed by atoms with Crippen molar-refractivity contribution in [2.75, 3.05) is 0 Å². The monoisotopic (exact) mass is 270 g/mol. The van der Waals surface area contributed by atoms with Crippen LogP contribution in [0.4, 0.5) is 0 Å². The molecule has 0 nitrogen and oxygen atoms in total. The van der Waals surface area contributed by atoms with Gasteiger partial charge in [-0.1, -0.05) is 61.3 Å². The maximum atomic E-state index is 4.96. The number of rotatable bonds is 4. The molecule has 1 saturated carbocycles. The smallest absolute Gasteiger partial charge is 0.00760 e. The summed E-state index contributed by atoms with van der Waals surface area (Å²) in [5.74, 6) is 2.40. The van der Waals surface area contributed by atoms with Gasteiger partial charge in [-0.2, -0.15) is 12.6 Å². The topological polar surface area (TPSA) is 0 Å². The van der Waals surface area contributed by atoms with E-state index < -0.39 is 0 Å². The van der Waals surface area contributed by atoms with Gasteiger partial charge in [0.25, 0.3) is 0 Å². The zero-order valence-electron chi connectivity index (χ0n) is 13.6. The van der Waals surface area contributed by atoms with E-state index >= 15 is 0 Å². The van der Waals surface area contributed by atoms with Crippen molar-refractivity contribution in [3.63, 3.8) is 0 Å². The van der Waals surface area contributed by atoms with Crippen LogP contribution in [-0.2, 0) is 0 Å². The van der Waals surface area contributed by atoms with Crippen molar-refractivity contribution in [1.29, 1.82) is 0 Å². The van der Waals surface area contributed by atoms with Gasteiger partial charge in [0.1, 0.15) is 0 Å². The highest BCUT2D eigenvalue weighted by Gasteiger charge is 2.44. The summed E-state index contributed by atoms with van der Waals surface area (Å²) in [7, 11) is 0. The molecule has 0 amide bonds. The fourth-order valence-corrected chi connectivity index (χ4v) is 4.14. The summed E-state index contributed by atoms with van der Waals surface area (Å²) in [4.78, 5) is 0. The molecule has 0 heterocycles. The third-order valence-electron chi connectivity index (χ3n) is 6.12. The zero-order valence-corrected chi connectivity index (χ0v) is 14.5. The Labute approximate surface area is 121 Å². The lowest BCUT2D eigenvalue weighted by Gasteiger charge is -2.50. The van der Waals surface area contributed by atoms with Crippen molar-refractivity contribution in [2.24, 2.45) is 28.6 Å². The van der Waals surface area contributed by atoms with Crippen LogP contribution in [0.5, 0.6) is 0 Å². The van der Waals surface area contributed by atoms with Gasteiger partial charge in [0, 0.05) is 5.25 Å². The Bertz CT molecular complexity index is 267. The van der Waals surface area contributed by atoms with Crippen LogP contribution in [0.15, 0.2) is 0 Å². The predicted molar refractivity (Wildman–Crippen MR) is 86.3 cm³/mol. The number of hydrogen-bond donors (Lipinski definition) is 1. The predicted octanol–water partition coefficient (Wildman–Crippen LogP) is 5.82. The molecule has 0 aromatic heterocycles. The molecule has 4 unspecified atom stereocenters. The summed E-state index contributed by atoms with van der Waals surface area (Å²) in [6.07, 6.45) is 5.30. The summed E-state index contributed by atoms with van der Waals surface area (Å²) in [5.41, 5.74) is 0.924. The van der Waals surface area contributed by atoms with Crippen LogP contribution in [0, 0.1) is 28.6 Å². The Kier molecular flexibility index (Phi) is 5.26. The third-order valence-corrected chi connectivity index (χ3v) is 6.99. The summed E-state index contributed by atoms with van der Waals surface area (Å²) in [5, 5.41) is 0.587. The fourth-order valence-electron chi connectivity index (χ4n) is 3.50. The van der Waals surface area contributed by atoms with Crippen molar-refractivity contribution in [2.45, 2.75) is 79.4 Å². The molecule has 1 aliphatic carbocycles. The van der Waals surface area contributed by atoms with Gasteiger partial charge in [0.05, 0.1) is 0 Å². The second-order valence-corrected chi connectivity index (χ2v) is 8.52. The molecule has 0 spiro atoms. The maximum Gasteiger partial charge on any atom is 0.00760 e. The van der Waals surface area contributed by atoms with Crippen LogP contribution in [-0.4, -0.2) is 5.25 Å². The SMILES string of the molecule is CCC(C)(C)C1CC(C)C(S)C(C(C)(C)CC)C1. The molecule has 108 valence electrons. The van der Waals surface area contributed by atoms with Crippen LogP contribution < -0.4 is 0 Å². The first kappa shape index (κ1) is 16.4. The summed E-state index contributed by atoms with van der Waals surface area (Å²) in [6, 6.07) is 0. The first-order chi connectivity index (χ1) is 8.15. The van der Waals surface area contributed by atoms with E-state index in [1.807, 2.05) is 0 Å². The van der Waals surface area contributed by atoms with E-state index in [4.69, 9.17) is 12.6 Å². The normalized spacial score (nSPS) is 34.7. The van der Waals surface area contributed by atoms with Gasteiger partial charge in [-0.05, 0) is 41.4 Å². The van der Waals surface area contributed by atoms with E-state index in [-0.39, 0.29) is 0 Å². The van der Waals surface area contributed by atoms with Crippen molar-refractivity contribution in [3.05, 3.63) is 0 Å². The lowest BCUT2D eigenvalue weighted by atomic mass is 9.58. The van der Waals surface area contributed by atoms with Crippen LogP contribution >= 0.6 is 12.6 Å². The lowest BCUT2D eigenvalue weighted by molar-refractivity contribution is 0.0421. The molecular weight excluding hydrogens is 236 g/mol. The average Bonchev–Trinajstić information content (AvgIpc) is 2.31. The Morgan fingerprint density at radius 1 is 0.944 bits per heavy atom. The van der Waals surface area contributed by atoms with Crippen molar-refractivity contribution >= 4 is 12.6 Å². The first-order valence-corrected chi connectivity index (χ1v) is 8.35. The maximum absolute atomic E-state index is 4.96. The Hall–Kier alpha value is 0.350. The molecule has 1 fully saturated rings. The molecule has 1 aliphatic rings. The molecular formula is C17H34S. The number of thiol groups is 1. The third kappa shape index (κ3) is 3.26. The number of hydrogen-bond acceptors (Lipinski definition) is 1. The van der Waals surface area contributed by atoms with Gasteiger partial charge in [-0.3, -0.25) is 0 Å². The quantitative estimate of drug-likeness (QED) is 0.611. The molecule has 0 aromatic carbocycles. The van der Waals surface area contributed by atoms with Gasteiger partial charge in [0.2, 0.25) is 0 Å². The second kappa shape index (κ2) is 5.77. The van der Waals surface area contributed by atoms with Crippen LogP contribution in [0.25, 0.3) is 0 Å². The van der Waals surface area contributed by atoms with E-state index in [0.29, 0.717) is 16.1 Å². The molecule has 1 rings (SSSR count). The summed E-state index contributed by atoms with van der Waals surface area (Å²) in [6.45, 7) is 16.9. The lowest BCUT2D eigenvalue weighted by Crippen LogP contribution is -2.44. The van der Waals surface area contributed by atoms with Gasteiger partial charge >= 0.3 is 0 Å². The van der Waals surface area contributed by atoms with Crippen molar-refractivity contribution < 1.29 is 0 Å². The summed E-state index contributed by atoms with van der Waals surface area (Å²) >= 11 is 4.96. The van der Waals surface area contributed by atoms with E-state index in [0.717, 1.165) is 17.8 Å². The van der Waals surface area contributed by atoms with Crippen LogP contribution in [0.3, 0.4) is 0 Å². The van der Waals surface area contributed by atoms with E-state index in [2.05, 4.69) is 48.5 Å². The molecule has 0 radical (unpaired) electrons. The highest BCUT2D eigenvalue weighted by molar-refractivity contribution is 7.81. The minimum atomic E-state index is 0.434. The Balaban J connectivity index is 2.92. The molecule has 0 saturated heterocycles. The molecule has 18 heavy (non-hydrogen) atoms. The highest BCUT2D eigenvalue weighted by atomic mass is 32.1. The first-order valence-electron chi connectivity index (χ1n) is 7.83. The van der Waals surface area contributed by atoms with Crippen molar-refractivity contribution in [1.82, 2.24) is 0 Å². The molecule has 0 aliphatic heterocycles. The van der Waals surface area contributed by atoms with Gasteiger partial charge in [-0.15, -0.1) is 0 Å². The Morgan fingerprint density at radius 3 is 1.89 bits per heavy atom. The van der Waals surface area contributed by atoms with Gasteiger partial charge < -0.3 is 0 Å². The highest BCUT2D eigenvalue weighted by Crippen LogP contribution is 2.51. The zero-order chi connectivity index (χ0) is 14.1. The van der Waals surface area contributed by atoms with E-state index in [1.54, 1.807) is 0 Å². The van der Waals surface area contributed by atoms with E-state index in [1.165, 1.54) is 25.7 Å². The van der Waals surface area contributed by atoms with Crippen LogP contribution in [0.1, 0.15) is 74.1 Å². The molecule has 1 heteroatoms. The molecule has 0 N–H and O–H groups in total. The second-order valence-electron chi connectivity index (χ2n) is 7.93. The average molecular weight is 271 g/mol. The minimum Gasteiger partial charge on any atom is -0.175 e. The van der Waals surface area contributed by atoms with Crippen LogP contribution in [0.2, 0.25) is 0 Å². The fraction of sp³-hybridized carbons (Fsp3) is 1.00. The largest absolute Gasteiger partial charge is 0.175 e. The van der Waals surface area contributed by atoms with Gasteiger partial charge in [0.15, 0.2) is 0 Å². The molecule has 0 bridgehead atoms. The molecule has 0 aromatic rings. The Morgan fingerprint density at radius 2 is 1.44 bits per heavy atom. The van der Waals surface area contributed by atoms with Crippen molar-refractivity contribution in [3.8, 4) is 0 Å².